The predicted octanol–water partition coefficient (Wildman–Crippen LogP) is 2.70. The summed E-state index contributed by atoms with van der Waals surface area (Å²) in [5.74, 6) is 0.0547. The van der Waals surface area contributed by atoms with Crippen molar-refractivity contribution in [3.05, 3.63) is 35.6 Å². The fourth-order valence-electron chi connectivity index (χ4n) is 3.13. The van der Waals surface area contributed by atoms with Crippen molar-refractivity contribution in [3.8, 4) is 0 Å². The van der Waals surface area contributed by atoms with Crippen LogP contribution in [0, 0.1) is 5.82 Å². The smallest absolute Gasteiger partial charge is 0.222 e. The third-order valence-electron chi connectivity index (χ3n) is 4.33. The number of rotatable bonds is 4. The van der Waals surface area contributed by atoms with E-state index in [0.29, 0.717) is 18.5 Å². The molecule has 1 saturated heterocycles. The van der Waals surface area contributed by atoms with E-state index in [9.17, 15) is 9.18 Å². The van der Waals surface area contributed by atoms with Gasteiger partial charge in [-0.25, -0.2) is 4.39 Å². The summed E-state index contributed by atoms with van der Waals surface area (Å²) in [7, 11) is 0. The Hall–Kier alpha value is -1.42. The lowest BCUT2D eigenvalue weighted by atomic mass is 10.1. The molecule has 2 rings (SSSR count). The van der Waals surface area contributed by atoms with Crippen LogP contribution >= 0.6 is 0 Å². The van der Waals surface area contributed by atoms with Crippen LogP contribution in [-0.4, -0.2) is 47.4 Å². The molecule has 0 spiro atoms. The second kappa shape index (κ2) is 7.03. The molecule has 21 heavy (non-hydrogen) atoms. The van der Waals surface area contributed by atoms with Gasteiger partial charge in [0.25, 0.3) is 0 Å². The van der Waals surface area contributed by atoms with Crippen LogP contribution in [0.1, 0.15) is 32.8 Å². The Morgan fingerprint density at radius 2 is 1.76 bits per heavy atom. The highest BCUT2D eigenvalue weighted by atomic mass is 19.1. The molecule has 3 nitrogen and oxygen atoms in total. The molecule has 0 N–H and O–H groups in total. The van der Waals surface area contributed by atoms with Gasteiger partial charge in [-0.3, -0.25) is 9.69 Å². The molecule has 1 aromatic carbocycles. The first-order chi connectivity index (χ1) is 10.0. The summed E-state index contributed by atoms with van der Waals surface area (Å²) in [5.41, 5.74) is 1.16. The second-order valence-electron chi connectivity index (χ2n) is 5.96. The van der Waals surface area contributed by atoms with Crippen molar-refractivity contribution < 1.29 is 9.18 Å². The highest BCUT2D eigenvalue weighted by molar-refractivity contribution is 5.76. The van der Waals surface area contributed by atoms with E-state index in [1.165, 1.54) is 12.1 Å². The first-order valence-corrected chi connectivity index (χ1v) is 7.79. The van der Waals surface area contributed by atoms with E-state index in [2.05, 4.69) is 18.7 Å². The van der Waals surface area contributed by atoms with Crippen LogP contribution in [0.15, 0.2) is 24.3 Å². The van der Waals surface area contributed by atoms with Crippen molar-refractivity contribution in [1.82, 2.24) is 9.80 Å². The molecule has 0 radical (unpaired) electrons. The fraction of sp³-hybridized carbons (Fsp3) is 0.588. The monoisotopic (exact) mass is 292 g/mol. The van der Waals surface area contributed by atoms with Crippen LogP contribution in [0.2, 0.25) is 0 Å². The number of hydrogen-bond donors (Lipinski definition) is 0. The number of carbonyl (C=O) groups excluding carboxylic acids is 1. The Bertz CT molecular complexity index is 462. The van der Waals surface area contributed by atoms with E-state index >= 15 is 0 Å². The third kappa shape index (κ3) is 4.03. The molecule has 1 heterocycles. The molecule has 2 atom stereocenters. The van der Waals surface area contributed by atoms with Gasteiger partial charge in [0.15, 0.2) is 0 Å². The largest absolute Gasteiger partial charge is 0.340 e. The maximum absolute atomic E-state index is 12.9. The minimum Gasteiger partial charge on any atom is -0.340 e. The maximum Gasteiger partial charge on any atom is 0.222 e. The minimum absolute atomic E-state index is 0.188. The first-order valence-electron chi connectivity index (χ1n) is 7.79. The average Bonchev–Trinajstić information content (AvgIpc) is 2.47. The van der Waals surface area contributed by atoms with Crippen LogP contribution in [0.25, 0.3) is 0 Å². The zero-order chi connectivity index (χ0) is 15.4. The number of halogens is 1. The molecular formula is C17H25FN2O. The van der Waals surface area contributed by atoms with Crippen molar-refractivity contribution in [2.75, 3.05) is 19.6 Å². The zero-order valence-electron chi connectivity index (χ0n) is 13.2. The summed E-state index contributed by atoms with van der Waals surface area (Å²) in [6, 6.07) is 7.46. The Labute approximate surface area is 126 Å². The quantitative estimate of drug-likeness (QED) is 0.852. The fourth-order valence-corrected chi connectivity index (χ4v) is 3.13. The van der Waals surface area contributed by atoms with Gasteiger partial charge in [0.1, 0.15) is 5.82 Å². The highest BCUT2D eigenvalue weighted by Crippen LogP contribution is 2.17. The van der Waals surface area contributed by atoms with E-state index in [-0.39, 0.29) is 11.7 Å². The summed E-state index contributed by atoms with van der Waals surface area (Å²) in [6.07, 6.45) is 1.49. The Kier molecular flexibility index (Phi) is 5.34. The van der Waals surface area contributed by atoms with Crippen molar-refractivity contribution in [2.45, 2.75) is 45.7 Å². The van der Waals surface area contributed by atoms with Gasteiger partial charge in [-0.1, -0.05) is 19.1 Å². The summed E-state index contributed by atoms with van der Waals surface area (Å²) in [4.78, 5) is 16.3. The molecule has 1 aliphatic rings. The summed E-state index contributed by atoms with van der Waals surface area (Å²) >= 11 is 0. The molecule has 4 heteroatoms. The van der Waals surface area contributed by atoms with Crippen LogP contribution in [0.3, 0.4) is 0 Å². The van der Waals surface area contributed by atoms with Gasteiger partial charge in [-0.15, -0.1) is 0 Å². The Morgan fingerprint density at radius 3 is 2.29 bits per heavy atom. The van der Waals surface area contributed by atoms with Crippen molar-refractivity contribution in [1.29, 1.82) is 0 Å². The lowest BCUT2D eigenvalue weighted by Crippen LogP contribution is -2.58. The summed E-state index contributed by atoms with van der Waals surface area (Å²) in [5, 5.41) is 0. The van der Waals surface area contributed by atoms with Crippen LogP contribution in [-0.2, 0) is 11.2 Å². The lowest BCUT2D eigenvalue weighted by molar-refractivity contribution is -0.135. The summed E-state index contributed by atoms with van der Waals surface area (Å²) in [6.45, 7) is 8.83. The van der Waals surface area contributed by atoms with E-state index < -0.39 is 0 Å². The minimum atomic E-state index is -0.188. The second-order valence-corrected chi connectivity index (χ2v) is 5.96. The van der Waals surface area contributed by atoms with Gasteiger partial charge in [0.05, 0.1) is 0 Å². The van der Waals surface area contributed by atoms with E-state index in [1.54, 1.807) is 0 Å². The number of carbonyl (C=O) groups is 1. The topological polar surface area (TPSA) is 23.6 Å². The number of nitrogens with zero attached hydrogens (tertiary/aromatic N) is 2. The van der Waals surface area contributed by atoms with E-state index in [0.717, 1.165) is 31.6 Å². The molecule has 1 aliphatic heterocycles. The highest BCUT2D eigenvalue weighted by Gasteiger charge is 2.30. The predicted molar refractivity (Wildman–Crippen MR) is 82.6 cm³/mol. The number of amides is 1. The SMILES string of the molecule is CCC(=O)N1CC(C)N(CCc2ccc(F)cc2)C(C)C1. The molecule has 116 valence electrons. The van der Waals surface area contributed by atoms with Gasteiger partial charge in [0.2, 0.25) is 5.91 Å². The van der Waals surface area contributed by atoms with Gasteiger partial charge in [-0.05, 0) is 38.0 Å². The maximum atomic E-state index is 12.9. The van der Waals surface area contributed by atoms with Gasteiger partial charge in [-0.2, -0.15) is 0 Å². The Balaban J connectivity index is 1.91. The molecule has 0 aromatic heterocycles. The van der Waals surface area contributed by atoms with Crippen molar-refractivity contribution in [3.63, 3.8) is 0 Å². The van der Waals surface area contributed by atoms with Crippen LogP contribution < -0.4 is 0 Å². The molecule has 0 saturated carbocycles. The van der Waals surface area contributed by atoms with Crippen molar-refractivity contribution >= 4 is 5.91 Å². The average molecular weight is 292 g/mol. The third-order valence-corrected chi connectivity index (χ3v) is 4.33. The van der Waals surface area contributed by atoms with Crippen LogP contribution in [0.4, 0.5) is 4.39 Å². The van der Waals surface area contributed by atoms with Crippen molar-refractivity contribution in [2.24, 2.45) is 0 Å². The Morgan fingerprint density at radius 1 is 1.19 bits per heavy atom. The molecule has 1 fully saturated rings. The van der Waals surface area contributed by atoms with Gasteiger partial charge < -0.3 is 4.90 Å². The van der Waals surface area contributed by atoms with Gasteiger partial charge in [0, 0.05) is 38.1 Å². The molecule has 2 unspecified atom stereocenters. The van der Waals surface area contributed by atoms with Gasteiger partial charge >= 0.3 is 0 Å². The van der Waals surface area contributed by atoms with Crippen LogP contribution in [0.5, 0.6) is 0 Å². The standard InChI is InChI=1S/C17H25FN2O/c1-4-17(21)19-11-13(2)20(14(3)12-19)10-9-15-5-7-16(18)8-6-15/h5-8,13-14H,4,9-12H2,1-3H3. The van der Waals surface area contributed by atoms with E-state index in [4.69, 9.17) is 0 Å². The summed E-state index contributed by atoms with van der Waals surface area (Å²) < 4.78 is 12.9. The molecule has 0 bridgehead atoms. The van der Waals surface area contributed by atoms with E-state index in [1.807, 2.05) is 24.0 Å². The zero-order valence-corrected chi connectivity index (χ0v) is 13.2. The first kappa shape index (κ1) is 16.0. The lowest BCUT2D eigenvalue weighted by Gasteiger charge is -2.44. The number of hydrogen-bond acceptors (Lipinski definition) is 2. The number of piperazine rings is 1. The normalized spacial score (nSPS) is 23.3. The molecule has 1 aromatic rings. The molecular weight excluding hydrogens is 267 g/mol. The molecule has 0 aliphatic carbocycles. The molecule has 1 amide bonds. The number of benzene rings is 1.